The van der Waals surface area contributed by atoms with Crippen molar-refractivity contribution in [1.82, 2.24) is 29.6 Å². The summed E-state index contributed by atoms with van der Waals surface area (Å²) < 4.78 is 55.6. The van der Waals surface area contributed by atoms with Crippen LogP contribution >= 0.6 is 22.9 Å². The van der Waals surface area contributed by atoms with Crippen LogP contribution in [-0.2, 0) is 13.2 Å². The monoisotopic (exact) mass is 402 g/mol. The molecule has 0 spiro atoms. The van der Waals surface area contributed by atoms with Crippen molar-refractivity contribution in [3.63, 3.8) is 0 Å². The molecule has 6 nitrogen and oxygen atoms in total. The number of nitrogens with zero attached hydrogens (tertiary/aromatic N) is 6. The number of hydrogen-bond acceptors (Lipinski definition) is 5. The Bertz CT molecular complexity index is 1110. The van der Waals surface area contributed by atoms with E-state index < -0.39 is 17.6 Å². The van der Waals surface area contributed by atoms with Crippen molar-refractivity contribution in [3.8, 4) is 22.1 Å². The van der Waals surface area contributed by atoms with E-state index in [0.29, 0.717) is 16.8 Å². The van der Waals surface area contributed by atoms with Crippen LogP contribution in [0.4, 0.5) is 17.6 Å². The zero-order valence-electron chi connectivity index (χ0n) is 12.8. The van der Waals surface area contributed by atoms with E-state index in [1.807, 2.05) is 0 Å². The predicted molar refractivity (Wildman–Crippen MR) is 86.3 cm³/mol. The van der Waals surface area contributed by atoms with Crippen molar-refractivity contribution in [1.29, 1.82) is 0 Å². The Hall–Kier alpha value is -2.53. The van der Waals surface area contributed by atoms with E-state index >= 15 is 0 Å². The minimum Gasteiger partial charge on any atom is -0.263 e. The molecule has 0 atom stereocenters. The molecule has 0 unspecified atom stereocenters. The van der Waals surface area contributed by atoms with Crippen molar-refractivity contribution in [2.24, 2.45) is 7.05 Å². The Balaban J connectivity index is 1.88. The van der Waals surface area contributed by atoms with Crippen LogP contribution in [0.25, 0.3) is 27.1 Å². The molecule has 0 amide bonds. The zero-order chi connectivity index (χ0) is 18.6. The molecule has 1 aromatic carbocycles. The Kier molecular flexibility index (Phi) is 3.74. The molecule has 3 heterocycles. The number of aromatic nitrogens is 6. The van der Waals surface area contributed by atoms with Crippen LogP contribution in [0.1, 0.15) is 5.56 Å². The SMILES string of the molecule is Cn1ncc(Cl)c1-c1nnc2sc(-c3cc(C(F)(F)F)ccc3F)nn12. The third kappa shape index (κ3) is 2.63. The average Bonchev–Trinajstić information content (AvgIpc) is 3.22. The number of hydrogen-bond donors (Lipinski definition) is 0. The highest BCUT2D eigenvalue weighted by Gasteiger charge is 2.32. The molecule has 0 N–H and O–H groups in total. The third-order valence-corrected chi connectivity index (χ3v) is 4.83. The van der Waals surface area contributed by atoms with Gasteiger partial charge in [-0.2, -0.15) is 27.9 Å². The molecular formula is C14H7ClF4N6S. The molecule has 0 saturated heterocycles. The first-order valence-electron chi connectivity index (χ1n) is 7.03. The van der Waals surface area contributed by atoms with Crippen molar-refractivity contribution in [3.05, 3.63) is 40.8 Å². The highest BCUT2D eigenvalue weighted by atomic mass is 35.5. The zero-order valence-corrected chi connectivity index (χ0v) is 14.4. The quantitative estimate of drug-likeness (QED) is 0.474. The Labute approximate surface area is 151 Å². The molecule has 0 radical (unpaired) electrons. The maximum Gasteiger partial charge on any atom is 0.416 e. The standard InChI is InChI=1S/C14H7ClF4N6S/c1-24-10(8(15)5-20-24)11-21-22-13-25(11)23-12(26-13)7-4-6(14(17,18)19)2-3-9(7)16/h2-5H,1H3. The molecule has 0 aliphatic carbocycles. The van der Waals surface area contributed by atoms with Gasteiger partial charge in [0.05, 0.1) is 16.8 Å². The largest absolute Gasteiger partial charge is 0.416 e. The van der Waals surface area contributed by atoms with Gasteiger partial charge in [-0.15, -0.1) is 10.2 Å². The van der Waals surface area contributed by atoms with Crippen LogP contribution in [0.15, 0.2) is 24.4 Å². The topological polar surface area (TPSA) is 60.9 Å². The minimum absolute atomic E-state index is 0.0399. The third-order valence-electron chi connectivity index (χ3n) is 3.62. The summed E-state index contributed by atoms with van der Waals surface area (Å²) in [6, 6.07) is 2.16. The fourth-order valence-corrected chi connectivity index (χ4v) is 3.51. The molecule has 26 heavy (non-hydrogen) atoms. The van der Waals surface area contributed by atoms with Crippen LogP contribution < -0.4 is 0 Å². The molecule has 134 valence electrons. The number of rotatable bonds is 2. The van der Waals surface area contributed by atoms with Crippen LogP contribution in [0, 0.1) is 5.82 Å². The number of aryl methyl sites for hydroxylation is 1. The first-order chi connectivity index (χ1) is 12.3. The van der Waals surface area contributed by atoms with Gasteiger partial charge in [0, 0.05) is 12.6 Å². The van der Waals surface area contributed by atoms with E-state index in [4.69, 9.17) is 11.6 Å². The van der Waals surface area contributed by atoms with Gasteiger partial charge >= 0.3 is 6.18 Å². The summed E-state index contributed by atoms with van der Waals surface area (Å²) in [5.41, 5.74) is -0.798. The van der Waals surface area contributed by atoms with Crippen molar-refractivity contribution in [2.45, 2.75) is 6.18 Å². The maximum absolute atomic E-state index is 14.1. The molecule has 0 aliphatic rings. The molecule has 12 heteroatoms. The highest BCUT2D eigenvalue weighted by Crippen LogP contribution is 2.36. The van der Waals surface area contributed by atoms with Crippen molar-refractivity contribution >= 4 is 27.9 Å². The lowest BCUT2D eigenvalue weighted by molar-refractivity contribution is -0.137. The van der Waals surface area contributed by atoms with E-state index in [1.165, 1.54) is 15.4 Å². The van der Waals surface area contributed by atoms with Gasteiger partial charge in [-0.3, -0.25) is 4.68 Å². The number of fused-ring (bicyclic) bond motifs is 1. The summed E-state index contributed by atoms with van der Waals surface area (Å²) in [5.74, 6) is -0.567. The summed E-state index contributed by atoms with van der Waals surface area (Å²) in [4.78, 5) is 0.282. The van der Waals surface area contributed by atoms with Crippen LogP contribution in [0.3, 0.4) is 0 Å². The normalized spacial score (nSPS) is 12.2. The molecule has 0 aliphatic heterocycles. The lowest BCUT2D eigenvalue weighted by Crippen LogP contribution is -2.05. The van der Waals surface area contributed by atoms with Gasteiger partial charge in [-0.25, -0.2) is 4.39 Å². The van der Waals surface area contributed by atoms with Crippen molar-refractivity contribution < 1.29 is 17.6 Å². The Morgan fingerprint density at radius 1 is 1.19 bits per heavy atom. The summed E-state index contributed by atoms with van der Waals surface area (Å²) in [6.07, 6.45) is -3.17. The van der Waals surface area contributed by atoms with Gasteiger partial charge in [0.15, 0.2) is 5.01 Å². The van der Waals surface area contributed by atoms with E-state index in [1.54, 1.807) is 7.05 Å². The lowest BCUT2D eigenvalue weighted by Gasteiger charge is -2.08. The van der Waals surface area contributed by atoms with Gasteiger partial charge in [-0.05, 0) is 18.2 Å². The molecule has 4 aromatic rings. The van der Waals surface area contributed by atoms with Gasteiger partial charge < -0.3 is 0 Å². The molecule has 4 rings (SSSR count). The van der Waals surface area contributed by atoms with Crippen LogP contribution in [0.2, 0.25) is 5.02 Å². The van der Waals surface area contributed by atoms with E-state index in [-0.39, 0.29) is 21.4 Å². The fourth-order valence-electron chi connectivity index (χ4n) is 2.40. The van der Waals surface area contributed by atoms with E-state index in [2.05, 4.69) is 20.4 Å². The molecule has 3 aromatic heterocycles. The van der Waals surface area contributed by atoms with E-state index in [0.717, 1.165) is 23.5 Å². The predicted octanol–water partition coefficient (Wildman–Crippen LogP) is 4.06. The van der Waals surface area contributed by atoms with Crippen LogP contribution in [-0.4, -0.2) is 29.6 Å². The van der Waals surface area contributed by atoms with Gasteiger partial charge in [0.25, 0.3) is 0 Å². The number of benzene rings is 1. The second kappa shape index (κ2) is 5.74. The van der Waals surface area contributed by atoms with Crippen LogP contribution in [0.5, 0.6) is 0 Å². The smallest absolute Gasteiger partial charge is 0.263 e. The first-order valence-corrected chi connectivity index (χ1v) is 8.22. The van der Waals surface area contributed by atoms with E-state index in [9.17, 15) is 17.6 Å². The summed E-state index contributed by atoms with van der Waals surface area (Å²) >= 11 is 6.99. The fraction of sp³-hybridized carbons (Fsp3) is 0.143. The first kappa shape index (κ1) is 16.9. The molecule has 0 saturated carbocycles. The van der Waals surface area contributed by atoms with Gasteiger partial charge in [0.2, 0.25) is 10.8 Å². The summed E-state index contributed by atoms with van der Waals surface area (Å²) in [5, 5.41) is 16.4. The van der Waals surface area contributed by atoms with Gasteiger partial charge in [-0.1, -0.05) is 22.9 Å². The second-order valence-electron chi connectivity index (χ2n) is 5.28. The summed E-state index contributed by atoms with van der Waals surface area (Å²) in [7, 11) is 1.64. The highest BCUT2D eigenvalue weighted by molar-refractivity contribution is 7.19. The number of alkyl halides is 3. The Morgan fingerprint density at radius 3 is 2.62 bits per heavy atom. The van der Waals surface area contributed by atoms with Gasteiger partial charge in [0.1, 0.15) is 11.5 Å². The second-order valence-corrected chi connectivity index (χ2v) is 6.65. The number of halogens is 5. The van der Waals surface area contributed by atoms with Crippen molar-refractivity contribution in [2.75, 3.05) is 0 Å². The average molecular weight is 403 g/mol. The molecule has 0 fully saturated rings. The molecular weight excluding hydrogens is 396 g/mol. The Morgan fingerprint density at radius 2 is 1.96 bits per heavy atom. The maximum atomic E-state index is 14.1. The molecule has 0 bridgehead atoms. The lowest BCUT2D eigenvalue weighted by atomic mass is 10.1. The summed E-state index contributed by atoms with van der Waals surface area (Å²) in [6.45, 7) is 0. The minimum atomic E-state index is -4.59.